The fraction of sp³-hybridized carbons (Fsp3) is 0.250. The molecule has 20 heavy (non-hydrogen) atoms. The quantitative estimate of drug-likeness (QED) is 0.854. The molecule has 0 aromatic heterocycles. The fourth-order valence-corrected chi connectivity index (χ4v) is 2.22. The van der Waals surface area contributed by atoms with Crippen molar-refractivity contribution in [1.29, 1.82) is 0 Å². The predicted molar refractivity (Wildman–Crippen MR) is 82.1 cm³/mol. The third kappa shape index (κ3) is 3.50. The van der Waals surface area contributed by atoms with E-state index in [0.717, 1.165) is 10.6 Å². The maximum absolute atomic E-state index is 13.4. The van der Waals surface area contributed by atoms with E-state index >= 15 is 0 Å². The van der Waals surface area contributed by atoms with Gasteiger partial charge in [0.1, 0.15) is 5.82 Å². The molecule has 1 unspecified atom stereocenters. The number of benzene rings is 2. The van der Waals surface area contributed by atoms with Gasteiger partial charge in [0.2, 0.25) is 0 Å². The van der Waals surface area contributed by atoms with E-state index in [2.05, 4.69) is 11.8 Å². The number of rotatable bonds is 4. The van der Waals surface area contributed by atoms with Crippen molar-refractivity contribution in [2.24, 2.45) is 0 Å². The average Bonchev–Trinajstić information content (AvgIpc) is 2.43. The van der Waals surface area contributed by atoms with Crippen LogP contribution in [0.5, 0.6) is 0 Å². The highest BCUT2D eigenvalue weighted by atomic mass is 35.5. The summed E-state index contributed by atoms with van der Waals surface area (Å²) in [5, 5.41) is 0.726. The lowest BCUT2D eigenvalue weighted by Gasteiger charge is -2.25. The Hall–Kier alpha value is -1.58. The monoisotopic (exact) mass is 292 g/mol. The number of nitrogens with zero attached hydrogens (tertiary/aromatic N) is 1. The fourth-order valence-electron chi connectivity index (χ4n) is 2.09. The Morgan fingerprint density at radius 3 is 2.45 bits per heavy atom. The van der Waals surface area contributed by atoms with Gasteiger partial charge in [-0.15, -0.1) is 0 Å². The first kappa shape index (κ1) is 14.8. The SMILES string of the molecule is CC(c1ccc(Cl)cc1)N(C)Cc1ccc(N)c(F)c1. The molecule has 0 amide bonds. The molecule has 0 aliphatic rings. The molecular formula is C16H18ClFN2. The molecule has 106 valence electrons. The van der Waals surface area contributed by atoms with Crippen LogP contribution in [0.15, 0.2) is 42.5 Å². The molecule has 0 heterocycles. The van der Waals surface area contributed by atoms with E-state index in [-0.39, 0.29) is 17.5 Å². The first-order valence-electron chi connectivity index (χ1n) is 6.47. The van der Waals surface area contributed by atoms with Crippen LogP contribution in [-0.4, -0.2) is 11.9 Å². The minimum absolute atomic E-state index is 0.183. The van der Waals surface area contributed by atoms with Crippen LogP contribution in [-0.2, 0) is 6.54 Å². The Balaban J connectivity index is 2.08. The van der Waals surface area contributed by atoms with Gasteiger partial charge in [0.25, 0.3) is 0 Å². The van der Waals surface area contributed by atoms with E-state index in [1.54, 1.807) is 6.07 Å². The molecule has 0 bridgehead atoms. The number of halogens is 2. The van der Waals surface area contributed by atoms with Crippen LogP contribution in [0.4, 0.5) is 10.1 Å². The maximum Gasteiger partial charge on any atom is 0.146 e. The van der Waals surface area contributed by atoms with E-state index in [1.807, 2.05) is 37.4 Å². The van der Waals surface area contributed by atoms with Gasteiger partial charge in [-0.2, -0.15) is 0 Å². The normalized spacial score (nSPS) is 12.7. The van der Waals surface area contributed by atoms with Crippen molar-refractivity contribution in [3.05, 3.63) is 64.4 Å². The van der Waals surface area contributed by atoms with Crippen molar-refractivity contribution >= 4 is 17.3 Å². The van der Waals surface area contributed by atoms with Gasteiger partial charge in [-0.25, -0.2) is 4.39 Å². The smallest absolute Gasteiger partial charge is 0.146 e. The molecule has 2 rings (SSSR count). The van der Waals surface area contributed by atoms with Crippen LogP contribution >= 0.6 is 11.6 Å². The third-order valence-electron chi connectivity index (χ3n) is 3.51. The standard InChI is InChI=1S/C16H18ClFN2/c1-11(13-4-6-14(17)7-5-13)20(2)10-12-3-8-16(19)15(18)9-12/h3-9,11H,10,19H2,1-2H3. The van der Waals surface area contributed by atoms with Crippen molar-refractivity contribution in [3.8, 4) is 0 Å². The lowest BCUT2D eigenvalue weighted by Crippen LogP contribution is -2.22. The van der Waals surface area contributed by atoms with Crippen LogP contribution in [0.3, 0.4) is 0 Å². The van der Waals surface area contributed by atoms with Crippen LogP contribution in [0.25, 0.3) is 0 Å². The zero-order valence-corrected chi connectivity index (χ0v) is 12.4. The Bertz CT molecular complexity index is 584. The first-order chi connectivity index (χ1) is 9.47. The topological polar surface area (TPSA) is 29.3 Å². The molecule has 2 nitrogen and oxygen atoms in total. The minimum Gasteiger partial charge on any atom is -0.396 e. The highest BCUT2D eigenvalue weighted by Gasteiger charge is 2.12. The molecule has 0 spiro atoms. The third-order valence-corrected chi connectivity index (χ3v) is 3.76. The van der Waals surface area contributed by atoms with Crippen LogP contribution < -0.4 is 5.73 Å². The molecule has 0 aliphatic carbocycles. The highest BCUT2D eigenvalue weighted by molar-refractivity contribution is 6.30. The molecule has 4 heteroatoms. The zero-order chi connectivity index (χ0) is 14.7. The van der Waals surface area contributed by atoms with Gasteiger partial charge >= 0.3 is 0 Å². The summed E-state index contributed by atoms with van der Waals surface area (Å²) in [6.45, 7) is 2.76. The molecule has 2 N–H and O–H groups in total. The Kier molecular flexibility index (Phi) is 4.63. The van der Waals surface area contributed by atoms with Crippen molar-refractivity contribution in [2.45, 2.75) is 19.5 Å². The Morgan fingerprint density at radius 2 is 1.85 bits per heavy atom. The van der Waals surface area contributed by atoms with Crippen LogP contribution in [0.2, 0.25) is 5.02 Å². The summed E-state index contributed by atoms with van der Waals surface area (Å²) in [7, 11) is 2.01. The van der Waals surface area contributed by atoms with E-state index in [9.17, 15) is 4.39 Å². The summed E-state index contributed by atoms with van der Waals surface area (Å²) < 4.78 is 13.4. The molecule has 2 aromatic carbocycles. The van der Waals surface area contributed by atoms with Crippen molar-refractivity contribution in [3.63, 3.8) is 0 Å². The van der Waals surface area contributed by atoms with Crippen LogP contribution in [0.1, 0.15) is 24.1 Å². The Morgan fingerprint density at radius 1 is 1.20 bits per heavy atom. The van der Waals surface area contributed by atoms with Crippen molar-refractivity contribution in [1.82, 2.24) is 4.90 Å². The number of hydrogen-bond acceptors (Lipinski definition) is 2. The largest absolute Gasteiger partial charge is 0.396 e. The predicted octanol–water partition coefficient (Wildman–Crippen LogP) is 4.25. The van der Waals surface area contributed by atoms with Gasteiger partial charge in [-0.3, -0.25) is 4.90 Å². The summed E-state index contributed by atoms with van der Waals surface area (Å²) in [4.78, 5) is 2.15. The van der Waals surface area contributed by atoms with E-state index in [0.29, 0.717) is 6.54 Å². The second kappa shape index (κ2) is 6.25. The summed E-state index contributed by atoms with van der Waals surface area (Å²) in [6.07, 6.45) is 0. The van der Waals surface area contributed by atoms with Gasteiger partial charge in [-0.1, -0.05) is 29.8 Å². The molecule has 0 saturated heterocycles. The average molecular weight is 293 g/mol. The molecule has 0 radical (unpaired) electrons. The molecule has 0 saturated carbocycles. The number of anilines is 1. The summed E-state index contributed by atoms with van der Waals surface area (Å²) in [5.41, 5.74) is 7.74. The number of nitrogens with two attached hydrogens (primary N) is 1. The van der Waals surface area contributed by atoms with Gasteiger partial charge in [0.15, 0.2) is 0 Å². The van der Waals surface area contributed by atoms with Crippen molar-refractivity contribution in [2.75, 3.05) is 12.8 Å². The highest BCUT2D eigenvalue weighted by Crippen LogP contribution is 2.23. The number of nitrogen functional groups attached to an aromatic ring is 1. The van der Waals surface area contributed by atoms with Crippen LogP contribution in [0, 0.1) is 5.82 Å². The van der Waals surface area contributed by atoms with Crippen molar-refractivity contribution < 1.29 is 4.39 Å². The Labute approximate surface area is 124 Å². The summed E-state index contributed by atoms with van der Waals surface area (Å²) >= 11 is 5.89. The van der Waals surface area contributed by atoms with E-state index < -0.39 is 0 Å². The maximum atomic E-state index is 13.4. The van der Waals surface area contributed by atoms with Gasteiger partial charge < -0.3 is 5.73 Å². The van der Waals surface area contributed by atoms with Gasteiger partial charge in [0.05, 0.1) is 5.69 Å². The molecule has 1 atom stereocenters. The zero-order valence-electron chi connectivity index (χ0n) is 11.6. The molecule has 0 aliphatic heterocycles. The van der Waals surface area contributed by atoms with E-state index in [4.69, 9.17) is 17.3 Å². The molecule has 2 aromatic rings. The summed E-state index contributed by atoms with van der Waals surface area (Å²) in [5.74, 6) is -0.366. The molecular weight excluding hydrogens is 275 g/mol. The lowest BCUT2D eigenvalue weighted by atomic mass is 10.1. The second-order valence-corrected chi connectivity index (χ2v) is 5.43. The lowest BCUT2D eigenvalue weighted by molar-refractivity contribution is 0.253. The summed E-state index contributed by atoms with van der Waals surface area (Å²) in [6, 6.07) is 12.9. The van der Waals surface area contributed by atoms with E-state index in [1.165, 1.54) is 11.6 Å². The van der Waals surface area contributed by atoms with Gasteiger partial charge in [0, 0.05) is 17.6 Å². The van der Waals surface area contributed by atoms with Gasteiger partial charge in [-0.05, 0) is 49.4 Å². The number of hydrogen-bond donors (Lipinski definition) is 1. The first-order valence-corrected chi connectivity index (χ1v) is 6.85. The molecule has 0 fully saturated rings. The minimum atomic E-state index is -0.366. The second-order valence-electron chi connectivity index (χ2n) is 5.00.